The molecular formula is C16H39N3Si3Sn. The third-order valence-electron chi connectivity index (χ3n) is 4.56. The Labute approximate surface area is 163 Å². The van der Waals surface area contributed by atoms with Crippen molar-refractivity contribution < 1.29 is 0 Å². The van der Waals surface area contributed by atoms with E-state index in [1.807, 2.05) is 0 Å². The third-order valence-corrected chi connectivity index (χ3v) is 27.4. The van der Waals surface area contributed by atoms with Crippen molar-refractivity contribution in [2.45, 2.75) is 89.4 Å². The van der Waals surface area contributed by atoms with Crippen LogP contribution in [0.2, 0.25) is 36.8 Å². The quantitative estimate of drug-likeness (QED) is 0.574. The summed E-state index contributed by atoms with van der Waals surface area (Å²) in [5.41, 5.74) is 0.523. The molecule has 1 aliphatic rings. The summed E-state index contributed by atoms with van der Waals surface area (Å²) in [6.45, 7) is 29.9. The molecule has 134 valence electrons. The van der Waals surface area contributed by atoms with Crippen molar-refractivity contribution in [3.8, 4) is 0 Å². The Morgan fingerprint density at radius 2 is 1.22 bits per heavy atom. The van der Waals surface area contributed by atoms with Gasteiger partial charge in [0.1, 0.15) is 0 Å². The molecule has 0 aromatic carbocycles. The Kier molecular flexibility index (Phi) is 6.96. The van der Waals surface area contributed by atoms with Crippen LogP contribution in [-0.4, -0.2) is 85.5 Å². The summed E-state index contributed by atoms with van der Waals surface area (Å²) in [6.07, 6.45) is 0. The van der Waals surface area contributed by atoms with Crippen molar-refractivity contribution >= 4 is 48.3 Å². The van der Waals surface area contributed by atoms with Gasteiger partial charge in [-0.05, 0) is 0 Å². The molecule has 0 N–H and O–H groups in total. The second-order valence-electron chi connectivity index (χ2n) is 10.4. The van der Waals surface area contributed by atoms with E-state index in [-0.39, 0.29) is 11.1 Å². The molecule has 0 aromatic rings. The van der Waals surface area contributed by atoms with E-state index >= 15 is 0 Å². The molecule has 0 aromatic heterocycles. The summed E-state index contributed by atoms with van der Waals surface area (Å²) in [5.74, 6) is 0. The zero-order valence-corrected chi connectivity index (χ0v) is 23.3. The van der Waals surface area contributed by atoms with Crippen LogP contribution in [0, 0.1) is 0 Å². The van der Waals surface area contributed by atoms with Crippen molar-refractivity contribution in [3.63, 3.8) is 0 Å². The van der Waals surface area contributed by atoms with Gasteiger partial charge in [0.2, 0.25) is 0 Å². The molecule has 0 spiro atoms. The van der Waals surface area contributed by atoms with Gasteiger partial charge in [-0.3, -0.25) is 0 Å². The van der Waals surface area contributed by atoms with Crippen LogP contribution in [0.5, 0.6) is 0 Å². The van der Waals surface area contributed by atoms with E-state index in [9.17, 15) is 0 Å². The van der Waals surface area contributed by atoms with E-state index < -0.39 is 25.8 Å². The van der Waals surface area contributed by atoms with Crippen LogP contribution in [-0.2, 0) is 0 Å². The molecule has 0 amide bonds. The van der Waals surface area contributed by atoms with Gasteiger partial charge in [-0.1, -0.05) is 0 Å². The molecular weight excluding hydrogens is 437 g/mol. The third kappa shape index (κ3) is 5.17. The molecule has 7 heteroatoms. The van der Waals surface area contributed by atoms with Crippen LogP contribution < -0.4 is 0 Å². The Hall–Kier alpha value is 1.33. The zero-order valence-electron chi connectivity index (χ0n) is 17.5. The fourth-order valence-electron chi connectivity index (χ4n) is 3.62. The van der Waals surface area contributed by atoms with Crippen LogP contribution in [0.3, 0.4) is 0 Å². The average molecular weight is 476 g/mol. The molecule has 0 saturated carbocycles. The van der Waals surface area contributed by atoms with E-state index in [0.29, 0.717) is 0 Å². The summed E-state index contributed by atoms with van der Waals surface area (Å²) in [4.78, 5) is 0. The van der Waals surface area contributed by atoms with E-state index in [1.54, 1.807) is 22.5 Å². The molecule has 0 aliphatic carbocycles. The zero-order chi connectivity index (χ0) is 18.4. The maximum atomic E-state index is 3.16. The Balaban J connectivity index is 3.46. The predicted octanol–water partition coefficient (Wildman–Crippen LogP) is 3.65. The van der Waals surface area contributed by atoms with E-state index in [2.05, 4.69) is 87.3 Å². The van der Waals surface area contributed by atoms with Crippen LogP contribution in [0.1, 0.15) is 41.5 Å². The predicted molar refractivity (Wildman–Crippen MR) is 112 cm³/mol. The van der Waals surface area contributed by atoms with Gasteiger partial charge in [0.15, 0.2) is 0 Å². The number of nitrogens with zero attached hydrogens (tertiary/aromatic N) is 3. The first-order valence-electron chi connectivity index (χ1n) is 8.90. The van der Waals surface area contributed by atoms with E-state index in [0.717, 1.165) is 0 Å². The topological polar surface area (TPSA) is 9.72 Å². The second kappa shape index (κ2) is 7.15. The molecule has 1 heterocycles. The summed E-state index contributed by atoms with van der Waals surface area (Å²) in [5, 5.41) is 0. The van der Waals surface area contributed by atoms with E-state index in [1.165, 1.54) is 17.1 Å². The Bertz CT molecular complexity index is 388. The standard InChI is InChI=1S/C16H39N3Si3.Sn/c1-15(2,3)17-13-14-18(16(4,5)6)20(17)19(21(7,8)9)22(10,11)12;/h7,13-14H2,1-6,8-12H3;. The van der Waals surface area contributed by atoms with Gasteiger partial charge in [0.25, 0.3) is 0 Å². The molecule has 23 heavy (non-hydrogen) atoms. The van der Waals surface area contributed by atoms with Crippen molar-refractivity contribution in [1.82, 2.24) is 13.0 Å². The average Bonchev–Trinajstić information content (AvgIpc) is 2.70. The first kappa shape index (κ1) is 22.4. The van der Waals surface area contributed by atoms with Crippen molar-refractivity contribution in [2.24, 2.45) is 0 Å². The summed E-state index contributed by atoms with van der Waals surface area (Å²) in [6, 6.07) is 0. The molecule has 0 atom stereocenters. The fraction of sp³-hybridized carbons (Fsp3) is 1.00. The van der Waals surface area contributed by atoms with Crippen LogP contribution in [0.25, 0.3) is 0 Å². The molecule has 1 aliphatic heterocycles. The Morgan fingerprint density at radius 1 is 0.870 bits per heavy atom. The second-order valence-corrected chi connectivity index (χ2v) is 26.2. The summed E-state index contributed by atoms with van der Waals surface area (Å²) >= 11 is 1.72. The summed E-state index contributed by atoms with van der Waals surface area (Å²) in [7, 11) is -3.56. The molecule has 1 rings (SSSR count). The minimum atomic E-state index is -1.38. The van der Waals surface area contributed by atoms with Gasteiger partial charge in [-0.25, -0.2) is 0 Å². The molecule has 0 bridgehead atoms. The van der Waals surface area contributed by atoms with Gasteiger partial charge in [-0.15, -0.1) is 0 Å². The molecule has 1 fully saturated rings. The number of rotatable bonds is 4. The van der Waals surface area contributed by atoms with E-state index in [4.69, 9.17) is 0 Å². The van der Waals surface area contributed by atoms with Crippen LogP contribution in [0.15, 0.2) is 0 Å². The molecule has 4 radical (unpaired) electrons. The number of hydrogen-bond acceptors (Lipinski definition) is 3. The van der Waals surface area contributed by atoms with Crippen molar-refractivity contribution in [3.05, 3.63) is 0 Å². The van der Waals surface area contributed by atoms with Gasteiger partial charge < -0.3 is 0 Å². The maximum absolute atomic E-state index is 3.16. The van der Waals surface area contributed by atoms with Crippen LogP contribution in [0.4, 0.5) is 0 Å². The van der Waals surface area contributed by atoms with Gasteiger partial charge in [0, 0.05) is 0 Å². The van der Waals surface area contributed by atoms with Gasteiger partial charge in [0.05, 0.1) is 0 Å². The summed E-state index contributed by atoms with van der Waals surface area (Å²) < 4.78 is 10.3. The fourth-order valence-corrected chi connectivity index (χ4v) is 24.2. The SMILES string of the molecule is CC(C)(C)N1CCN(C(C)(C)C)[Si]1N([Si](C)(C)C)[Si](C)(C)[CH2][Sn]. The normalized spacial score (nSPS) is 20.7. The van der Waals surface area contributed by atoms with Crippen molar-refractivity contribution in [2.75, 3.05) is 13.1 Å². The van der Waals surface area contributed by atoms with Crippen molar-refractivity contribution in [1.29, 1.82) is 0 Å². The Morgan fingerprint density at radius 3 is 1.43 bits per heavy atom. The minimum absolute atomic E-state index is 0.262. The van der Waals surface area contributed by atoms with Gasteiger partial charge in [-0.2, -0.15) is 0 Å². The molecule has 1 saturated heterocycles. The first-order chi connectivity index (χ1) is 10.0. The molecule has 0 unspecified atom stereocenters. The first-order valence-corrected chi connectivity index (χ1v) is 18.9. The van der Waals surface area contributed by atoms with Gasteiger partial charge >= 0.3 is 164 Å². The van der Waals surface area contributed by atoms with Crippen LogP contribution >= 0.6 is 0 Å². The molecule has 3 nitrogen and oxygen atoms in total. The monoisotopic (exact) mass is 477 g/mol. The number of hydrogen-bond donors (Lipinski definition) is 0.